The normalized spacial score (nSPS) is 25.6. The fourth-order valence-corrected chi connectivity index (χ4v) is 3.24. The Morgan fingerprint density at radius 1 is 1.40 bits per heavy atom. The van der Waals surface area contributed by atoms with E-state index < -0.39 is 0 Å². The quantitative estimate of drug-likeness (QED) is 0.882. The minimum absolute atomic E-state index is 0.136. The van der Waals surface area contributed by atoms with E-state index in [9.17, 15) is 4.39 Å². The molecule has 0 bridgehead atoms. The van der Waals surface area contributed by atoms with E-state index in [2.05, 4.69) is 31.0 Å². The first-order chi connectivity index (χ1) is 9.65. The second-order valence-corrected chi connectivity index (χ2v) is 5.88. The Bertz CT molecular complexity index is 421. The first-order valence-corrected chi connectivity index (χ1v) is 7.90. The van der Waals surface area contributed by atoms with Gasteiger partial charge >= 0.3 is 0 Å². The number of nitrogens with zero attached hydrogens (tertiary/aromatic N) is 1. The zero-order valence-corrected chi connectivity index (χ0v) is 12.9. The second kappa shape index (κ2) is 7.19. The summed E-state index contributed by atoms with van der Waals surface area (Å²) in [5.41, 5.74) is 1.08. The summed E-state index contributed by atoms with van der Waals surface area (Å²) in [5.74, 6) is -0.136. The van der Waals surface area contributed by atoms with Gasteiger partial charge in [0.15, 0.2) is 0 Å². The molecule has 2 nitrogen and oxygen atoms in total. The lowest BCUT2D eigenvalue weighted by Crippen LogP contribution is -2.56. The van der Waals surface area contributed by atoms with Crippen molar-refractivity contribution < 1.29 is 4.39 Å². The van der Waals surface area contributed by atoms with Crippen molar-refractivity contribution in [2.45, 2.75) is 58.2 Å². The average molecular weight is 278 g/mol. The Kier molecular flexibility index (Phi) is 5.55. The van der Waals surface area contributed by atoms with Crippen molar-refractivity contribution in [3.05, 3.63) is 35.6 Å². The molecule has 20 heavy (non-hydrogen) atoms. The van der Waals surface area contributed by atoms with Gasteiger partial charge < -0.3 is 5.32 Å². The molecule has 1 aromatic carbocycles. The standard InChI is InChI=1S/C17H27FN2/c1-4-7-16-12-20(17(5-2)11-19-16)13(3)14-8-6-9-15(18)10-14/h6,8-10,13,16-17,19H,4-5,7,11-12H2,1-3H3. The van der Waals surface area contributed by atoms with Crippen LogP contribution in [0.3, 0.4) is 0 Å². The molecule has 0 saturated carbocycles. The zero-order chi connectivity index (χ0) is 14.5. The maximum absolute atomic E-state index is 13.4. The monoisotopic (exact) mass is 278 g/mol. The molecule has 1 saturated heterocycles. The van der Waals surface area contributed by atoms with Gasteiger partial charge in [0, 0.05) is 31.2 Å². The lowest BCUT2D eigenvalue weighted by molar-refractivity contribution is 0.0834. The molecule has 3 heteroatoms. The van der Waals surface area contributed by atoms with Gasteiger partial charge in [-0.15, -0.1) is 0 Å². The molecule has 1 N–H and O–H groups in total. The highest BCUT2D eigenvalue weighted by Crippen LogP contribution is 2.26. The van der Waals surface area contributed by atoms with E-state index >= 15 is 0 Å². The van der Waals surface area contributed by atoms with E-state index in [1.54, 1.807) is 6.07 Å². The summed E-state index contributed by atoms with van der Waals surface area (Å²) in [4.78, 5) is 2.55. The van der Waals surface area contributed by atoms with Crippen LogP contribution in [0.5, 0.6) is 0 Å². The highest BCUT2D eigenvalue weighted by Gasteiger charge is 2.30. The lowest BCUT2D eigenvalue weighted by atomic mass is 9.98. The van der Waals surface area contributed by atoms with E-state index in [4.69, 9.17) is 0 Å². The maximum Gasteiger partial charge on any atom is 0.123 e. The molecule has 112 valence electrons. The second-order valence-electron chi connectivity index (χ2n) is 5.88. The Morgan fingerprint density at radius 2 is 2.20 bits per heavy atom. The number of hydrogen-bond acceptors (Lipinski definition) is 2. The van der Waals surface area contributed by atoms with Crippen LogP contribution < -0.4 is 5.32 Å². The van der Waals surface area contributed by atoms with Gasteiger partial charge in [0.2, 0.25) is 0 Å². The number of halogens is 1. The van der Waals surface area contributed by atoms with Crippen LogP contribution in [0.4, 0.5) is 4.39 Å². The van der Waals surface area contributed by atoms with Crippen molar-refractivity contribution in [2.75, 3.05) is 13.1 Å². The van der Waals surface area contributed by atoms with Crippen LogP contribution >= 0.6 is 0 Å². The lowest BCUT2D eigenvalue weighted by Gasteiger charge is -2.43. The largest absolute Gasteiger partial charge is 0.311 e. The predicted octanol–water partition coefficient (Wildman–Crippen LogP) is 3.74. The minimum atomic E-state index is -0.136. The van der Waals surface area contributed by atoms with Gasteiger partial charge in [-0.3, -0.25) is 4.90 Å². The van der Waals surface area contributed by atoms with Crippen molar-refractivity contribution in [1.29, 1.82) is 0 Å². The molecule has 1 aliphatic rings. The summed E-state index contributed by atoms with van der Waals surface area (Å²) in [6.07, 6.45) is 3.55. The summed E-state index contributed by atoms with van der Waals surface area (Å²) in [5, 5.41) is 3.65. The molecular weight excluding hydrogens is 251 g/mol. The molecule has 1 aliphatic heterocycles. The predicted molar refractivity (Wildman–Crippen MR) is 82.3 cm³/mol. The van der Waals surface area contributed by atoms with Gasteiger partial charge in [-0.2, -0.15) is 0 Å². The van der Waals surface area contributed by atoms with E-state index in [0.717, 1.165) is 25.1 Å². The number of nitrogens with one attached hydrogen (secondary N) is 1. The smallest absolute Gasteiger partial charge is 0.123 e. The number of benzene rings is 1. The Balaban J connectivity index is 2.13. The minimum Gasteiger partial charge on any atom is -0.311 e. The molecule has 0 amide bonds. The summed E-state index contributed by atoms with van der Waals surface area (Å²) < 4.78 is 13.4. The summed E-state index contributed by atoms with van der Waals surface area (Å²) in [6, 6.07) is 8.43. The van der Waals surface area contributed by atoms with Crippen LogP contribution in [0.25, 0.3) is 0 Å². The van der Waals surface area contributed by atoms with Crippen LogP contribution in [0.1, 0.15) is 51.6 Å². The van der Waals surface area contributed by atoms with Crippen LogP contribution in [0, 0.1) is 5.82 Å². The van der Waals surface area contributed by atoms with Crippen LogP contribution in [-0.2, 0) is 0 Å². The van der Waals surface area contributed by atoms with Crippen molar-refractivity contribution in [1.82, 2.24) is 10.2 Å². The highest BCUT2D eigenvalue weighted by molar-refractivity contribution is 5.20. The van der Waals surface area contributed by atoms with Gasteiger partial charge in [0.25, 0.3) is 0 Å². The fraction of sp³-hybridized carbons (Fsp3) is 0.647. The van der Waals surface area contributed by atoms with Crippen molar-refractivity contribution in [3.8, 4) is 0 Å². The molecule has 0 aliphatic carbocycles. The van der Waals surface area contributed by atoms with Crippen LogP contribution in [0.2, 0.25) is 0 Å². The van der Waals surface area contributed by atoms with Crippen molar-refractivity contribution in [2.24, 2.45) is 0 Å². The topological polar surface area (TPSA) is 15.3 Å². The van der Waals surface area contributed by atoms with E-state index in [-0.39, 0.29) is 11.9 Å². The third-order valence-electron chi connectivity index (χ3n) is 4.48. The maximum atomic E-state index is 13.4. The number of rotatable bonds is 5. The van der Waals surface area contributed by atoms with Gasteiger partial charge in [0.05, 0.1) is 0 Å². The Labute approximate surface area is 122 Å². The number of piperazine rings is 1. The fourth-order valence-electron chi connectivity index (χ4n) is 3.24. The van der Waals surface area contributed by atoms with Crippen LogP contribution in [-0.4, -0.2) is 30.1 Å². The third-order valence-corrected chi connectivity index (χ3v) is 4.48. The number of hydrogen-bond donors (Lipinski definition) is 1. The third kappa shape index (κ3) is 3.58. The van der Waals surface area contributed by atoms with Gasteiger partial charge in [-0.25, -0.2) is 4.39 Å². The Morgan fingerprint density at radius 3 is 2.85 bits per heavy atom. The molecule has 3 unspecified atom stereocenters. The van der Waals surface area contributed by atoms with Gasteiger partial charge in [0.1, 0.15) is 5.82 Å². The molecule has 1 aromatic rings. The molecule has 1 fully saturated rings. The van der Waals surface area contributed by atoms with Gasteiger partial charge in [-0.1, -0.05) is 32.4 Å². The molecule has 1 heterocycles. The summed E-state index contributed by atoms with van der Waals surface area (Å²) in [6.45, 7) is 8.77. The van der Waals surface area contributed by atoms with E-state index in [0.29, 0.717) is 12.1 Å². The molecule has 3 atom stereocenters. The van der Waals surface area contributed by atoms with Crippen LogP contribution in [0.15, 0.2) is 24.3 Å². The van der Waals surface area contributed by atoms with Crippen molar-refractivity contribution >= 4 is 0 Å². The molecule has 0 aromatic heterocycles. The average Bonchev–Trinajstić information content (AvgIpc) is 2.47. The molecule has 0 spiro atoms. The van der Waals surface area contributed by atoms with E-state index in [1.807, 2.05) is 12.1 Å². The first-order valence-electron chi connectivity index (χ1n) is 7.90. The summed E-state index contributed by atoms with van der Waals surface area (Å²) >= 11 is 0. The highest BCUT2D eigenvalue weighted by atomic mass is 19.1. The molecule has 2 rings (SSSR count). The summed E-state index contributed by atoms with van der Waals surface area (Å²) in [7, 11) is 0. The van der Waals surface area contributed by atoms with Crippen molar-refractivity contribution in [3.63, 3.8) is 0 Å². The van der Waals surface area contributed by atoms with E-state index in [1.165, 1.54) is 18.9 Å². The SMILES string of the molecule is CCCC1CN(C(C)c2cccc(F)c2)C(CC)CN1. The van der Waals surface area contributed by atoms with Gasteiger partial charge in [-0.05, 0) is 37.5 Å². The zero-order valence-electron chi connectivity index (χ0n) is 12.9. The first kappa shape index (κ1) is 15.5. The molecular formula is C17H27FN2. The molecule has 0 radical (unpaired) electrons. The Hall–Kier alpha value is -0.930.